The molecule has 0 unspecified atom stereocenters. The number of hydrogen-bond donors (Lipinski definition) is 1. The Morgan fingerprint density at radius 2 is 1.85 bits per heavy atom. The van der Waals surface area contributed by atoms with Gasteiger partial charge in [0.15, 0.2) is 5.69 Å². The molecule has 2 heterocycles. The van der Waals surface area contributed by atoms with Crippen molar-refractivity contribution in [3.63, 3.8) is 0 Å². The maximum atomic E-state index is 12.8. The number of halogens is 1. The number of anilines is 1. The minimum atomic E-state index is -0.449. The lowest BCUT2D eigenvalue weighted by atomic mass is 10.3. The van der Waals surface area contributed by atoms with E-state index in [1.807, 2.05) is 48.5 Å². The lowest BCUT2D eigenvalue weighted by Gasteiger charge is -2.10. The van der Waals surface area contributed by atoms with Gasteiger partial charge in [0.2, 0.25) is 0 Å². The average molecular weight is 483 g/mol. The zero-order chi connectivity index (χ0) is 23.5. The molecule has 0 bridgehead atoms. The molecule has 0 aliphatic carbocycles. The molecule has 11 heteroatoms. The van der Waals surface area contributed by atoms with Gasteiger partial charge in [-0.05, 0) is 56.3 Å². The quantitative estimate of drug-likeness (QED) is 0.287. The molecular formula is C22H19ClN6O3S. The van der Waals surface area contributed by atoms with E-state index in [1.165, 1.54) is 21.1 Å². The molecule has 2 aromatic heterocycles. The van der Waals surface area contributed by atoms with Crippen molar-refractivity contribution in [1.82, 2.24) is 19.6 Å². The highest BCUT2D eigenvalue weighted by Gasteiger charge is 2.22. The molecule has 0 aliphatic rings. The van der Waals surface area contributed by atoms with Crippen LogP contribution in [0.1, 0.15) is 21.9 Å². The summed E-state index contributed by atoms with van der Waals surface area (Å²) in [4.78, 5) is 25.4. The van der Waals surface area contributed by atoms with Crippen molar-refractivity contribution >= 4 is 40.6 Å². The molecule has 2 aromatic carbocycles. The maximum absolute atomic E-state index is 12.8. The van der Waals surface area contributed by atoms with Crippen LogP contribution < -0.4 is 5.32 Å². The molecule has 4 aromatic rings. The Bertz CT molecular complexity index is 1330. The van der Waals surface area contributed by atoms with Crippen molar-refractivity contribution < 1.29 is 9.72 Å². The van der Waals surface area contributed by atoms with Gasteiger partial charge < -0.3 is 5.32 Å². The normalized spacial score (nSPS) is 10.9. The molecule has 9 nitrogen and oxygen atoms in total. The Labute approximate surface area is 198 Å². The molecule has 1 amide bonds. The summed E-state index contributed by atoms with van der Waals surface area (Å²) >= 11 is 7.47. The summed E-state index contributed by atoms with van der Waals surface area (Å²) in [6.07, 6.45) is 1.63. The van der Waals surface area contributed by atoms with E-state index in [0.29, 0.717) is 22.1 Å². The summed E-state index contributed by atoms with van der Waals surface area (Å²) < 4.78 is 2.99. The van der Waals surface area contributed by atoms with E-state index in [1.54, 1.807) is 26.1 Å². The van der Waals surface area contributed by atoms with Gasteiger partial charge in [-0.3, -0.25) is 19.6 Å². The molecule has 0 atom stereocenters. The van der Waals surface area contributed by atoms with E-state index in [4.69, 9.17) is 11.6 Å². The van der Waals surface area contributed by atoms with Crippen molar-refractivity contribution in [2.45, 2.75) is 30.3 Å². The van der Waals surface area contributed by atoms with Crippen LogP contribution in [0.4, 0.5) is 11.4 Å². The largest absolute Gasteiger partial charge is 0.320 e. The number of nitro groups is 1. The summed E-state index contributed by atoms with van der Waals surface area (Å²) in [5, 5.41) is 23.3. The van der Waals surface area contributed by atoms with Gasteiger partial charge in [-0.2, -0.15) is 10.2 Å². The average Bonchev–Trinajstić information content (AvgIpc) is 3.35. The van der Waals surface area contributed by atoms with E-state index in [-0.39, 0.29) is 24.0 Å². The number of aryl methyl sites for hydroxylation is 1. The first-order chi connectivity index (χ1) is 15.8. The number of para-hydroxylation sites is 1. The highest BCUT2D eigenvalue weighted by atomic mass is 35.5. The summed E-state index contributed by atoms with van der Waals surface area (Å²) in [6, 6.07) is 16.5. The zero-order valence-corrected chi connectivity index (χ0v) is 19.3. The van der Waals surface area contributed by atoms with E-state index in [2.05, 4.69) is 15.5 Å². The van der Waals surface area contributed by atoms with Crippen LogP contribution in [0, 0.1) is 24.0 Å². The van der Waals surface area contributed by atoms with Crippen molar-refractivity contribution in [2.24, 2.45) is 0 Å². The molecule has 0 radical (unpaired) electrons. The predicted molar refractivity (Wildman–Crippen MR) is 126 cm³/mol. The van der Waals surface area contributed by atoms with Crippen molar-refractivity contribution in [1.29, 1.82) is 0 Å². The van der Waals surface area contributed by atoms with E-state index < -0.39 is 4.92 Å². The van der Waals surface area contributed by atoms with E-state index in [0.717, 1.165) is 9.79 Å². The number of carbonyl (C=O) groups is 1. The third kappa shape index (κ3) is 5.07. The molecule has 33 heavy (non-hydrogen) atoms. The summed E-state index contributed by atoms with van der Waals surface area (Å²) in [7, 11) is 0. The van der Waals surface area contributed by atoms with Crippen LogP contribution in [0.3, 0.4) is 0 Å². The minimum Gasteiger partial charge on any atom is -0.320 e. The fourth-order valence-corrected chi connectivity index (χ4v) is 4.29. The molecule has 1 N–H and O–H groups in total. The van der Waals surface area contributed by atoms with Gasteiger partial charge >= 0.3 is 5.69 Å². The first-order valence-electron chi connectivity index (χ1n) is 9.87. The van der Waals surface area contributed by atoms with Crippen LogP contribution in [0.15, 0.2) is 70.6 Å². The number of rotatable bonds is 7. The van der Waals surface area contributed by atoms with Crippen molar-refractivity contribution in [2.75, 3.05) is 5.32 Å². The monoisotopic (exact) mass is 482 g/mol. The summed E-state index contributed by atoms with van der Waals surface area (Å²) in [5.74, 6) is -0.364. The summed E-state index contributed by atoms with van der Waals surface area (Å²) in [6.45, 7) is 3.37. The lowest BCUT2D eigenvalue weighted by molar-refractivity contribution is -0.386. The van der Waals surface area contributed by atoms with Gasteiger partial charge in [0.1, 0.15) is 18.1 Å². The van der Waals surface area contributed by atoms with Crippen LogP contribution in [0.5, 0.6) is 0 Å². The molecule has 0 saturated carbocycles. The van der Waals surface area contributed by atoms with Crippen LogP contribution in [-0.4, -0.2) is 30.4 Å². The summed E-state index contributed by atoms with van der Waals surface area (Å²) in [5.41, 5.74) is 1.61. The second-order valence-corrected chi connectivity index (χ2v) is 8.72. The number of aromatic nitrogens is 4. The number of hydrogen-bond acceptors (Lipinski definition) is 6. The molecule has 4 rings (SSSR count). The van der Waals surface area contributed by atoms with Crippen LogP contribution in [0.2, 0.25) is 5.02 Å². The third-order valence-electron chi connectivity index (χ3n) is 4.85. The van der Waals surface area contributed by atoms with Crippen LogP contribution in [0.25, 0.3) is 0 Å². The van der Waals surface area contributed by atoms with Gasteiger partial charge in [-0.15, -0.1) is 0 Å². The van der Waals surface area contributed by atoms with Gasteiger partial charge in [0, 0.05) is 21.0 Å². The Balaban J connectivity index is 1.48. The van der Waals surface area contributed by atoms with Crippen LogP contribution >= 0.6 is 23.4 Å². The number of nitrogens with zero attached hydrogens (tertiary/aromatic N) is 5. The topological polar surface area (TPSA) is 108 Å². The van der Waals surface area contributed by atoms with Gasteiger partial charge in [-0.1, -0.05) is 35.5 Å². The van der Waals surface area contributed by atoms with Gasteiger partial charge in [-0.25, -0.2) is 4.68 Å². The Hall–Kier alpha value is -3.63. The minimum absolute atomic E-state index is 0.0186. The van der Waals surface area contributed by atoms with Crippen molar-refractivity contribution in [3.8, 4) is 0 Å². The molecule has 0 saturated heterocycles. The smallest absolute Gasteiger partial charge is 0.312 e. The maximum Gasteiger partial charge on any atom is 0.312 e. The third-order valence-corrected chi connectivity index (χ3v) is 6.19. The zero-order valence-electron chi connectivity index (χ0n) is 17.7. The Kier molecular flexibility index (Phi) is 6.47. The standard InChI is InChI=1S/C22H19ClN6O3S/c1-14-21(29(31)32)15(2)28(25-14)13-27-12-11-19(26-27)22(30)24-18-5-3-4-6-20(18)33-17-9-7-16(23)8-10-17/h3-12H,13H2,1-2H3,(H,24,30). The fraction of sp³-hybridized carbons (Fsp3) is 0.136. The lowest BCUT2D eigenvalue weighted by Crippen LogP contribution is -2.16. The molecule has 0 spiro atoms. The Morgan fingerprint density at radius 1 is 1.12 bits per heavy atom. The highest BCUT2D eigenvalue weighted by Crippen LogP contribution is 2.34. The second-order valence-electron chi connectivity index (χ2n) is 7.16. The number of amides is 1. The van der Waals surface area contributed by atoms with E-state index in [9.17, 15) is 14.9 Å². The predicted octanol–water partition coefficient (Wildman–Crippen LogP) is 5.17. The molecular weight excluding hydrogens is 464 g/mol. The molecule has 0 aliphatic heterocycles. The second kappa shape index (κ2) is 9.47. The Morgan fingerprint density at radius 3 is 2.55 bits per heavy atom. The van der Waals surface area contributed by atoms with Crippen molar-refractivity contribution in [3.05, 3.63) is 93.0 Å². The number of benzene rings is 2. The van der Waals surface area contributed by atoms with E-state index >= 15 is 0 Å². The number of nitrogens with one attached hydrogen (secondary N) is 1. The molecule has 0 fully saturated rings. The number of carbonyl (C=O) groups excluding carboxylic acids is 1. The van der Waals surface area contributed by atoms with Gasteiger partial charge in [0.25, 0.3) is 5.91 Å². The van der Waals surface area contributed by atoms with Crippen LogP contribution in [-0.2, 0) is 6.67 Å². The first kappa shape index (κ1) is 22.6. The molecule has 168 valence electrons. The SMILES string of the molecule is Cc1nn(Cn2ccc(C(=O)Nc3ccccc3Sc3ccc(Cl)cc3)n2)c(C)c1[N+](=O)[O-]. The van der Waals surface area contributed by atoms with Gasteiger partial charge in [0.05, 0.1) is 10.6 Å². The first-order valence-corrected chi connectivity index (χ1v) is 11.1. The highest BCUT2D eigenvalue weighted by molar-refractivity contribution is 7.99. The fourth-order valence-electron chi connectivity index (χ4n) is 3.26.